The molecule has 0 amide bonds. The van der Waals surface area contributed by atoms with Crippen LogP contribution in [-0.4, -0.2) is 46.4 Å². The fourth-order valence-electron chi connectivity index (χ4n) is 4.71. The smallest absolute Gasteiger partial charge is 0.330 e. The highest BCUT2D eigenvalue weighted by Gasteiger charge is 2.59. The first-order valence-electron chi connectivity index (χ1n) is 11.8. The van der Waals surface area contributed by atoms with Gasteiger partial charge in [-0.25, -0.2) is 4.79 Å². The quantitative estimate of drug-likeness (QED) is 0.375. The van der Waals surface area contributed by atoms with Crippen LogP contribution >= 0.6 is 0 Å². The van der Waals surface area contributed by atoms with E-state index in [1.165, 1.54) is 10.8 Å². The molecule has 10 nitrogen and oxygen atoms in total. The molecule has 36 heavy (non-hydrogen) atoms. The van der Waals surface area contributed by atoms with Crippen LogP contribution in [-0.2, 0) is 27.4 Å². The molecular weight excluding hydrogens is 462 g/mol. The molecule has 4 atom stereocenters. The number of ether oxygens (including phenoxy) is 3. The maximum Gasteiger partial charge on any atom is 0.330 e. The minimum absolute atomic E-state index is 0.0979. The number of rotatable bonds is 8. The first-order chi connectivity index (χ1) is 17.4. The number of aromatic nitrogens is 2. The van der Waals surface area contributed by atoms with Crippen molar-refractivity contribution in [2.45, 2.75) is 44.1 Å². The van der Waals surface area contributed by atoms with Crippen molar-refractivity contribution in [3.8, 4) is 0 Å². The van der Waals surface area contributed by atoms with Crippen molar-refractivity contribution >= 4 is 5.96 Å². The number of H-pyrrole nitrogens is 1. The van der Waals surface area contributed by atoms with Gasteiger partial charge in [-0.3, -0.25) is 19.8 Å². The van der Waals surface area contributed by atoms with E-state index < -0.39 is 35.2 Å². The first-order valence-corrected chi connectivity index (χ1v) is 11.8. The molecular formula is C26H29N5O5. The molecule has 2 aliphatic heterocycles. The van der Waals surface area contributed by atoms with Crippen LogP contribution in [0.15, 0.2) is 76.4 Å². The molecule has 2 unspecified atom stereocenters. The molecule has 10 heteroatoms. The van der Waals surface area contributed by atoms with Gasteiger partial charge in [0.1, 0.15) is 17.7 Å². The molecule has 1 aromatic heterocycles. The number of aromatic amines is 1. The van der Waals surface area contributed by atoms with Crippen LogP contribution < -0.4 is 21.9 Å². The number of hydrogen-bond donors (Lipinski definition) is 4. The molecule has 0 saturated carbocycles. The zero-order chi connectivity index (χ0) is 25.1. The van der Waals surface area contributed by atoms with Crippen LogP contribution in [0.4, 0.5) is 0 Å². The van der Waals surface area contributed by atoms with Crippen LogP contribution in [0.1, 0.15) is 22.9 Å². The van der Waals surface area contributed by atoms with Gasteiger partial charge in [0, 0.05) is 11.8 Å². The summed E-state index contributed by atoms with van der Waals surface area (Å²) < 4.78 is 20.5. The maximum absolute atomic E-state index is 12.8. The highest BCUT2D eigenvalue weighted by Crippen LogP contribution is 2.40. The van der Waals surface area contributed by atoms with Crippen molar-refractivity contribution in [2.24, 2.45) is 0 Å². The van der Waals surface area contributed by atoms with Gasteiger partial charge in [0.15, 0.2) is 12.2 Å². The zero-order valence-electron chi connectivity index (χ0n) is 19.9. The van der Waals surface area contributed by atoms with E-state index >= 15 is 0 Å². The average molecular weight is 492 g/mol. The van der Waals surface area contributed by atoms with E-state index in [9.17, 15) is 9.59 Å². The molecule has 3 heterocycles. The summed E-state index contributed by atoms with van der Waals surface area (Å²) in [4.78, 5) is 27.1. The van der Waals surface area contributed by atoms with Crippen LogP contribution in [0, 0.1) is 12.3 Å². The van der Waals surface area contributed by atoms with Crippen molar-refractivity contribution in [3.05, 3.63) is 104 Å². The van der Waals surface area contributed by atoms with Gasteiger partial charge >= 0.3 is 5.69 Å². The predicted molar refractivity (Wildman–Crippen MR) is 133 cm³/mol. The summed E-state index contributed by atoms with van der Waals surface area (Å²) in [7, 11) is 0. The lowest BCUT2D eigenvalue weighted by molar-refractivity contribution is -0.153. The third-order valence-electron chi connectivity index (χ3n) is 6.53. The molecule has 4 N–H and O–H groups in total. The van der Waals surface area contributed by atoms with Crippen molar-refractivity contribution < 1.29 is 14.2 Å². The van der Waals surface area contributed by atoms with E-state index in [4.69, 9.17) is 19.6 Å². The van der Waals surface area contributed by atoms with Gasteiger partial charge in [0.05, 0.1) is 26.4 Å². The highest BCUT2D eigenvalue weighted by atomic mass is 16.6. The number of benzene rings is 2. The summed E-state index contributed by atoms with van der Waals surface area (Å²) in [6.07, 6.45) is 0.0680. The molecule has 2 aliphatic rings. The Balaban J connectivity index is 1.48. The van der Waals surface area contributed by atoms with Gasteiger partial charge in [-0.05, 0) is 18.1 Å². The Morgan fingerprint density at radius 1 is 1.06 bits per heavy atom. The summed E-state index contributed by atoms with van der Waals surface area (Å²) in [6.45, 7) is 2.70. The van der Waals surface area contributed by atoms with Crippen LogP contribution in [0.2, 0.25) is 0 Å². The second-order valence-electron chi connectivity index (χ2n) is 9.15. The Labute approximate surface area is 207 Å². The Bertz CT molecular complexity index is 1330. The lowest BCUT2D eigenvalue weighted by Gasteiger charge is -2.33. The standard InChI is InChI=1S/C26H29N5O5/c1-17-12-31(25(33)30-22(17)32)23-20-21(35-14-19-10-6-3-7-11-19)26(36-23,15-28-24(27)29-20)16-34-13-18-8-4-2-5-9-18/h2-12,20-21,23H,13-16H2,1H3,(H3,27,28,29)(H,30,32,33)/t20?,21?,23-,26-/m1/s1. The largest absolute Gasteiger partial charge is 0.374 e. The first kappa shape index (κ1) is 24.0. The summed E-state index contributed by atoms with van der Waals surface area (Å²) >= 11 is 0. The van der Waals surface area contributed by atoms with E-state index in [1.54, 1.807) is 6.92 Å². The van der Waals surface area contributed by atoms with E-state index in [0.717, 1.165) is 11.1 Å². The van der Waals surface area contributed by atoms with E-state index in [2.05, 4.69) is 15.6 Å². The highest BCUT2D eigenvalue weighted by molar-refractivity contribution is 5.77. The van der Waals surface area contributed by atoms with Gasteiger partial charge in [-0.2, -0.15) is 0 Å². The van der Waals surface area contributed by atoms with Crippen LogP contribution in [0.3, 0.4) is 0 Å². The molecule has 2 fully saturated rings. The SMILES string of the molecule is Cc1cn([C@@H]2O[C@@]3(COCc4ccccc4)CNC(=N)NC2C3OCc2ccccc2)c(=O)[nH]c1=O. The van der Waals surface area contributed by atoms with Gasteiger partial charge in [-0.1, -0.05) is 60.7 Å². The molecule has 0 radical (unpaired) electrons. The van der Waals surface area contributed by atoms with Gasteiger partial charge < -0.3 is 24.8 Å². The monoisotopic (exact) mass is 491 g/mol. The Kier molecular flexibility index (Phi) is 6.73. The van der Waals surface area contributed by atoms with Crippen molar-refractivity contribution in [1.82, 2.24) is 20.2 Å². The van der Waals surface area contributed by atoms with E-state index in [0.29, 0.717) is 18.8 Å². The second kappa shape index (κ2) is 10.1. The minimum Gasteiger partial charge on any atom is -0.374 e. The number of guanidine groups is 1. The average Bonchev–Trinajstić information content (AvgIpc) is 3.09. The van der Waals surface area contributed by atoms with Gasteiger partial charge in [0.2, 0.25) is 0 Å². The van der Waals surface area contributed by atoms with Crippen LogP contribution in [0.5, 0.6) is 0 Å². The number of nitrogens with one attached hydrogen (secondary N) is 4. The summed E-state index contributed by atoms with van der Waals surface area (Å²) in [5.41, 5.74) is 0.319. The number of fused-ring (bicyclic) bond motifs is 2. The third kappa shape index (κ3) is 4.83. The van der Waals surface area contributed by atoms with Gasteiger partial charge in [0.25, 0.3) is 5.56 Å². The molecule has 5 rings (SSSR count). The molecule has 3 aromatic rings. The molecule has 188 valence electrons. The Morgan fingerprint density at radius 2 is 1.72 bits per heavy atom. The normalized spacial score (nSPS) is 25.1. The molecule has 0 spiro atoms. The summed E-state index contributed by atoms with van der Waals surface area (Å²) in [6, 6.07) is 19.0. The lowest BCUT2D eigenvalue weighted by Crippen LogP contribution is -2.53. The molecule has 2 aromatic carbocycles. The van der Waals surface area contributed by atoms with Crippen molar-refractivity contribution in [1.29, 1.82) is 5.41 Å². The fourth-order valence-corrected chi connectivity index (χ4v) is 4.71. The Morgan fingerprint density at radius 3 is 2.42 bits per heavy atom. The van der Waals surface area contributed by atoms with E-state index in [-0.39, 0.29) is 19.1 Å². The molecule has 0 aliphatic carbocycles. The zero-order valence-corrected chi connectivity index (χ0v) is 19.9. The van der Waals surface area contributed by atoms with Crippen LogP contribution in [0.25, 0.3) is 0 Å². The summed E-state index contributed by atoms with van der Waals surface area (Å²) in [5.74, 6) is 0.0979. The van der Waals surface area contributed by atoms with E-state index in [1.807, 2.05) is 60.7 Å². The minimum atomic E-state index is -1.02. The van der Waals surface area contributed by atoms with Crippen molar-refractivity contribution in [2.75, 3.05) is 13.2 Å². The maximum atomic E-state index is 12.8. The van der Waals surface area contributed by atoms with Crippen molar-refractivity contribution in [3.63, 3.8) is 0 Å². The third-order valence-corrected chi connectivity index (χ3v) is 6.53. The number of aryl methyl sites for hydroxylation is 1. The van der Waals surface area contributed by atoms with Gasteiger partial charge in [-0.15, -0.1) is 0 Å². The molecule has 2 saturated heterocycles. The molecule has 2 bridgehead atoms. The fraction of sp³-hybridized carbons (Fsp3) is 0.346. The Hall–Kier alpha value is -3.73. The topological polar surface area (TPSA) is 130 Å². The lowest BCUT2D eigenvalue weighted by atomic mass is 9.94. The summed E-state index contributed by atoms with van der Waals surface area (Å²) in [5, 5.41) is 14.5. The predicted octanol–water partition coefficient (Wildman–Crippen LogP) is 1.41. The second-order valence-corrected chi connectivity index (χ2v) is 9.15. The number of nitrogens with zero attached hydrogens (tertiary/aromatic N) is 1. The number of hydrogen-bond acceptors (Lipinski definition) is 6.